The monoisotopic (exact) mass is 284 g/mol. The summed E-state index contributed by atoms with van der Waals surface area (Å²) in [5, 5.41) is 5.87. The summed E-state index contributed by atoms with van der Waals surface area (Å²) in [7, 11) is 6.02. The highest BCUT2D eigenvalue weighted by Crippen LogP contribution is 2.40. The molecule has 3 rings (SSSR count). The summed E-state index contributed by atoms with van der Waals surface area (Å²) >= 11 is 0. The van der Waals surface area contributed by atoms with Gasteiger partial charge in [0.05, 0.1) is 7.11 Å². The molecule has 1 saturated heterocycles. The molecular weight excluding hydrogens is 260 g/mol. The lowest BCUT2D eigenvalue weighted by Crippen LogP contribution is -2.27. The summed E-state index contributed by atoms with van der Waals surface area (Å²) in [5.41, 5.74) is 1.42. The molecule has 1 N–H and O–H groups in total. The number of nitrogens with one attached hydrogen (secondary N) is 1. The minimum Gasteiger partial charge on any atom is -0.496 e. The number of likely N-dealkylation sites (tertiary alicyclic amines) is 1. The molecule has 3 heteroatoms. The van der Waals surface area contributed by atoms with Crippen molar-refractivity contribution in [3.63, 3.8) is 0 Å². The van der Waals surface area contributed by atoms with E-state index in [1.165, 1.54) is 22.8 Å². The molecule has 0 radical (unpaired) electrons. The highest BCUT2D eigenvalue weighted by Gasteiger charge is 2.33. The molecule has 0 amide bonds. The Hall–Kier alpha value is -1.58. The molecule has 3 nitrogen and oxygen atoms in total. The van der Waals surface area contributed by atoms with Crippen LogP contribution in [0.2, 0.25) is 0 Å². The zero-order chi connectivity index (χ0) is 14.8. The lowest BCUT2D eigenvalue weighted by molar-refractivity contribution is 0.276. The predicted octanol–water partition coefficient (Wildman–Crippen LogP) is 3.06. The van der Waals surface area contributed by atoms with Gasteiger partial charge in [-0.3, -0.25) is 4.90 Å². The number of fused-ring (bicyclic) bond motifs is 1. The van der Waals surface area contributed by atoms with E-state index in [1.807, 2.05) is 7.05 Å². The van der Waals surface area contributed by atoms with Crippen LogP contribution in [0.1, 0.15) is 18.0 Å². The Morgan fingerprint density at radius 2 is 1.95 bits per heavy atom. The first-order chi connectivity index (χ1) is 10.3. The summed E-state index contributed by atoms with van der Waals surface area (Å²) in [6.07, 6.45) is 1.25. The van der Waals surface area contributed by atoms with E-state index >= 15 is 0 Å². The van der Waals surface area contributed by atoms with E-state index in [0.717, 1.165) is 18.8 Å². The molecule has 21 heavy (non-hydrogen) atoms. The highest BCUT2D eigenvalue weighted by molar-refractivity contribution is 5.91. The Morgan fingerprint density at radius 1 is 1.19 bits per heavy atom. The van der Waals surface area contributed by atoms with Crippen molar-refractivity contribution < 1.29 is 4.74 Å². The minimum absolute atomic E-state index is 0.480. The van der Waals surface area contributed by atoms with Crippen LogP contribution in [-0.2, 0) is 0 Å². The van der Waals surface area contributed by atoms with Crippen molar-refractivity contribution in [3.8, 4) is 5.75 Å². The average molecular weight is 284 g/mol. The minimum atomic E-state index is 0.480. The van der Waals surface area contributed by atoms with Gasteiger partial charge in [0.1, 0.15) is 5.75 Å². The van der Waals surface area contributed by atoms with Crippen molar-refractivity contribution in [2.75, 3.05) is 34.3 Å². The predicted molar refractivity (Wildman–Crippen MR) is 87.9 cm³/mol. The number of hydrogen-bond donors (Lipinski definition) is 1. The normalized spacial score (nSPS) is 22.8. The summed E-state index contributed by atoms with van der Waals surface area (Å²) in [6.45, 7) is 2.23. The SMILES string of the molecule is CNCC1CCN(C)C1c1ccc(OC)c2ccccc12. The second-order valence-electron chi connectivity index (χ2n) is 5.93. The first-order valence-corrected chi connectivity index (χ1v) is 7.66. The highest BCUT2D eigenvalue weighted by atomic mass is 16.5. The van der Waals surface area contributed by atoms with Crippen LogP contribution >= 0.6 is 0 Å². The first kappa shape index (κ1) is 14.4. The fourth-order valence-electron chi connectivity index (χ4n) is 3.72. The van der Waals surface area contributed by atoms with Gasteiger partial charge >= 0.3 is 0 Å². The maximum atomic E-state index is 5.52. The van der Waals surface area contributed by atoms with E-state index < -0.39 is 0 Å². The van der Waals surface area contributed by atoms with Crippen LogP contribution in [0, 0.1) is 5.92 Å². The summed E-state index contributed by atoms with van der Waals surface area (Å²) in [6, 6.07) is 13.4. The maximum Gasteiger partial charge on any atom is 0.126 e. The van der Waals surface area contributed by atoms with Gasteiger partial charge in [-0.1, -0.05) is 30.3 Å². The molecule has 0 aromatic heterocycles. The van der Waals surface area contributed by atoms with E-state index in [-0.39, 0.29) is 0 Å². The van der Waals surface area contributed by atoms with Crippen molar-refractivity contribution in [1.29, 1.82) is 0 Å². The van der Waals surface area contributed by atoms with E-state index in [0.29, 0.717) is 12.0 Å². The van der Waals surface area contributed by atoms with E-state index in [9.17, 15) is 0 Å². The smallest absolute Gasteiger partial charge is 0.126 e. The average Bonchev–Trinajstić information content (AvgIpc) is 2.87. The molecular formula is C18H24N2O. The fourth-order valence-corrected chi connectivity index (χ4v) is 3.72. The number of rotatable bonds is 4. The quantitative estimate of drug-likeness (QED) is 0.934. The van der Waals surface area contributed by atoms with Gasteiger partial charge in [0.2, 0.25) is 0 Å². The molecule has 2 unspecified atom stereocenters. The molecule has 0 spiro atoms. The van der Waals surface area contributed by atoms with Crippen molar-refractivity contribution in [2.24, 2.45) is 5.92 Å². The van der Waals surface area contributed by atoms with Crippen LogP contribution in [0.3, 0.4) is 0 Å². The van der Waals surface area contributed by atoms with Gasteiger partial charge in [0.25, 0.3) is 0 Å². The van der Waals surface area contributed by atoms with Gasteiger partial charge in [0.15, 0.2) is 0 Å². The summed E-state index contributed by atoms with van der Waals surface area (Å²) in [5.74, 6) is 1.62. The van der Waals surface area contributed by atoms with Crippen LogP contribution in [-0.4, -0.2) is 39.2 Å². The van der Waals surface area contributed by atoms with Gasteiger partial charge in [-0.15, -0.1) is 0 Å². The third-order valence-electron chi connectivity index (χ3n) is 4.70. The molecule has 2 aromatic carbocycles. The van der Waals surface area contributed by atoms with Crippen molar-refractivity contribution >= 4 is 10.8 Å². The largest absolute Gasteiger partial charge is 0.496 e. The molecule has 1 heterocycles. The van der Waals surface area contributed by atoms with Crippen LogP contribution in [0.25, 0.3) is 10.8 Å². The van der Waals surface area contributed by atoms with Gasteiger partial charge in [-0.25, -0.2) is 0 Å². The van der Waals surface area contributed by atoms with Gasteiger partial charge < -0.3 is 10.1 Å². The van der Waals surface area contributed by atoms with Crippen LogP contribution < -0.4 is 10.1 Å². The van der Waals surface area contributed by atoms with Crippen LogP contribution in [0.15, 0.2) is 36.4 Å². The Kier molecular flexibility index (Phi) is 4.13. The standard InChI is InChI=1S/C18H24N2O/c1-19-12-13-10-11-20(2)18(13)16-8-9-17(21-3)15-7-5-4-6-14(15)16/h4-9,13,18-19H,10-12H2,1-3H3. The molecule has 0 saturated carbocycles. The van der Waals surface area contributed by atoms with Gasteiger partial charge in [-0.2, -0.15) is 0 Å². The van der Waals surface area contributed by atoms with Crippen LogP contribution in [0.4, 0.5) is 0 Å². The lowest BCUT2D eigenvalue weighted by atomic mass is 9.90. The topological polar surface area (TPSA) is 24.5 Å². The van der Waals surface area contributed by atoms with Crippen molar-refractivity contribution in [1.82, 2.24) is 10.2 Å². The van der Waals surface area contributed by atoms with Crippen LogP contribution in [0.5, 0.6) is 5.75 Å². The Morgan fingerprint density at radius 3 is 2.67 bits per heavy atom. The molecule has 112 valence electrons. The zero-order valence-corrected chi connectivity index (χ0v) is 13.1. The summed E-state index contributed by atoms with van der Waals surface area (Å²) in [4.78, 5) is 2.48. The molecule has 0 bridgehead atoms. The van der Waals surface area contributed by atoms with Crippen molar-refractivity contribution in [3.05, 3.63) is 42.0 Å². The molecule has 0 aliphatic carbocycles. The Balaban J connectivity index is 2.11. The number of hydrogen-bond acceptors (Lipinski definition) is 3. The molecule has 2 atom stereocenters. The number of nitrogens with zero attached hydrogens (tertiary/aromatic N) is 1. The molecule has 1 fully saturated rings. The molecule has 1 aliphatic heterocycles. The summed E-state index contributed by atoms with van der Waals surface area (Å²) < 4.78 is 5.52. The Labute approximate surface area is 126 Å². The zero-order valence-electron chi connectivity index (χ0n) is 13.1. The number of ether oxygens (including phenoxy) is 1. The molecule has 2 aromatic rings. The second-order valence-corrected chi connectivity index (χ2v) is 5.93. The number of benzene rings is 2. The molecule has 1 aliphatic rings. The third kappa shape index (κ3) is 2.52. The van der Waals surface area contributed by atoms with E-state index in [4.69, 9.17) is 4.74 Å². The van der Waals surface area contributed by atoms with Crippen molar-refractivity contribution in [2.45, 2.75) is 12.5 Å². The van der Waals surface area contributed by atoms with Gasteiger partial charge in [-0.05, 0) is 56.5 Å². The van der Waals surface area contributed by atoms with E-state index in [1.54, 1.807) is 7.11 Å². The van der Waals surface area contributed by atoms with Gasteiger partial charge in [0, 0.05) is 11.4 Å². The lowest BCUT2D eigenvalue weighted by Gasteiger charge is -2.27. The third-order valence-corrected chi connectivity index (χ3v) is 4.70. The second kappa shape index (κ2) is 6.04. The Bertz CT molecular complexity index is 624. The number of methoxy groups -OCH3 is 1. The first-order valence-electron chi connectivity index (χ1n) is 7.66. The van der Waals surface area contributed by atoms with E-state index in [2.05, 4.69) is 53.7 Å². The maximum absolute atomic E-state index is 5.52. The fraction of sp³-hybridized carbons (Fsp3) is 0.444.